The standard InChI is InChI=1S/C17H20N2O3/c1-11-4-5-13(8-12(11)2)16(21)22-9-15(20)19-17(3,10-18)14-6-7-14/h4-5,8,14H,6-7,9H2,1-3H3,(H,19,20)/t17-/m1/s1. The van der Waals surface area contributed by atoms with E-state index in [1.807, 2.05) is 19.9 Å². The van der Waals surface area contributed by atoms with Crippen LogP contribution < -0.4 is 5.32 Å². The topological polar surface area (TPSA) is 79.2 Å². The molecule has 1 aromatic rings. The van der Waals surface area contributed by atoms with Crippen molar-refractivity contribution in [3.8, 4) is 6.07 Å². The van der Waals surface area contributed by atoms with Gasteiger partial charge in [0.25, 0.3) is 5.91 Å². The molecule has 0 unspecified atom stereocenters. The van der Waals surface area contributed by atoms with Crippen molar-refractivity contribution in [2.24, 2.45) is 5.92 Å². The van der Waals surface area contributed by atoms with Gasteiger partial charge in [0.05, 0.1) is 11.6 Å². The van der Waals surface area contributed by atoms with Gasteiger partial charge in [-0.15, -0.1) is 0 Å². The van der Waals surface area contributed by atoms with Gasteiger partial charge in [-0.1, -0.05) is 6.07 Å². The highest BCUT2D eigenvalue weighted by atomic mass is 16.5. The number of nitrogens with one attached hydrogen (secondary N) is 1. The first kappa shape index (κ1) is 16.0. The van der Waals surface area contributed by atoms with E-state index in [2.05, 4.69) is 11.4 Å². The minimum absolute atomic E-state index is 0.192. The second-order valence-electron chi connectivity index (χ2n) is 6.01. The van der Waals surface area contributed by atoms with Crippen molar-refractivity contribution in [3.63, 3.8) is 0 Å². The Balaban J connectivity index is 1.89. The Kier molecular flexibility index (Phi) is 4.51. The number of rotatable bonds is 5. The molecule has 0 aromatic heterocycles. The number of carbonyl (C=O) groups excluding carboxylic acids is 2. The van der Waals surface area contributed by atoms with Crippen LogP contribution in [-0.2, 0) is 9.53 Å². The lowest BCUT2D eigenvalue weighted by Gasteiger charge is -2.22. The minimum Gasteiger partial charge on any atom is -0.452 e. The molecule has 0 spiro atoms. The molecule has 1 fully saturated rings. The summed E-state index contributed by atoms with van der Waals surface area (Å²) < 4.78 is 5.01. The van der Waals surface area contributed by atoms with Crippen LogP contribution in [0.15, 0.2) is 18.2 Å². The fourth-order valence-corrected chi connectivity index (χ4v) is 2.29. The van der Waals surface area contributed by atoms with E-state index in [1.165, 1.54) is 0 Å². The van der Waals surface area contributed by atoms with E-state index in [0.717, 1.165) is 24.0 Å². The van der Waals surface area contributed by atoms with E-state index in [4.69, 9.17) is 4.74 Å². The average Bonchev–Trinajstić information content (AvgIpc) is 3.32. The van der Waals surface area contributed by atoms with Crippen molar-refractivity contribution in [1.29, 1.82) is 5.26 Å². The Bertz CT molecular complexity index is 644. The Morgan fingerprint density at radius 2 is 2.05 bits per heavy atom. The van der Waals surface area contributed by atoms with E-state index in [9.17, 15) is 14.9 Å². The maximum absolute atomic E-state index is 11.9. The second-order valence-corrected chi connectivity index (χ2v) is 6.01. The fourth-order valence-electron chi connectivity index (χ4n) is 2.29. The normalized spacial score (nSPS) is 16.3. The van der Waals surface area contributed by atoms with Crippen LogP contribution in [0.1, 0.15) is 41.3 Å². The van der Waals surface area contributed by atoms with Crippen molar-refractivity contribution in [2.45, 2.75) is 39.2 Å². The summed E-state index contributed by atoms with van der Waals surface area (Å²) in [7, 11) is 0. The van der Waals surface area contributed by atoms with Gasteiger partial charge >= 0.3 is 5.97 Å². The van der Waals surface area contributed by atoms with Crippen molar-refractivity contribution < 1.29 is 14.3 Å². The third-order valence-electron chi connectivity index (χ3n) is 4.10. The summed E-state index contributed by atoms with van der Waals surface area (Å²) in [5, 5.41) is 11.8. The molecule has 1 aliphatic rings. The first-order valence-corrected chi connectivity index (χ1v) is 7.32. The smallest absolute Gasteiger partial charge is 0.338 e. The minimum atomic E-state index is -0.871. The molecule has 1 N–H and O–H groups in total. The van der Waals surface area contributed by atoms with Crippen LogP contribution in [0.2, 0.25) is 0 Å². The van der Waals surface area contributed by atoms with Gasteiger partial charge in [-0.05, 0) is 62.8 Å². The molecule has 5 heteroatoms. The molecular weight excluding hydrogens is 280 g/mol. The van der Waals surface area contributed by atoms with Gasteiger partial charge in [0.1, 0.15) is 5.54 Å². The molecule has 2 rings (SSSR count). The largest absolute Gasteiger partial charge is 0.452 e. The summed E-state index contributed by atoms with van der Waals surface area (Å²) in [6, 6.07) is 7.38. The number of aryl methyl sites for hydroxylation is 2. The number of hydrogen-bond donors (Lipinski definition) is 1. The van der Waals surface area contributed by atoms with Crippen LogP contribution in [-0.4, -0.2) is 24.0 Å². The molecule has 1 aliphatic carbocycles. The zero-order chi connectivity index (χ0) is 16.3. The first-order chi connectivity index (χ1) is 10.4. The highest BCUT2D eigenvalue weighted by Crippen LogP contribution is 2.39. The van der Waals surface area contributed by atoms with Gasteiger partial charge in [-0.25, -0.2) is 4.79 Å². The Hall–Kier alpha value is -2.35. The Labute approximate surface area is 130 Å². The monoisotopic (exact) mass is 300 g/mol. The third kappa shape index (κ3) is 3.64. The second kappa shape index (κ2) is 6.18. The number of benzene rings is 1. The zero-order valence-electron chi connectivity index (χ0n) is 13.1. The predicted molar refractivity (Wildman–Crippen MR) is 81.1 cm³/mol. The lowest BCUT2D eigenvalue weighted by atomic mass is 9.98. The molecule has 0 saturated heterocycles. The molecule has 1 aromatic carbocycles. The van der Waals surface area contributed by atoms with Gasteiger partial charge in [-0.3, -0.25) is 4.79 Å². The summed E-state index contributed by atoms with van der Waals surface area (Å²) >= 11 is 0. The van der Waals surface area contributed by atoms with Crippen molar-refractivity contribution in [3.05, 3.63) is 34.9 Å². The highest BCUT2D eigenvalue weighted by molar-refractivity contribution is 5.91. The number of nitriles is 1. The van der Waals surface area contributed by atoms with Gasteiger partial charge in [0.2, 0.25) is 0 Å². The van der Waals surface area contributed by atoms with Crippen LogP contribution in [0, 0.1) is 31.1 Å². The molecule has 116 valence electrons. The van der Waals surface area contributed by atoms with E-state index in [1.54, 1.807) is 19.1 Å². The summed E-state index contributed by atoms with van der Waals surface area (Å²) in [4.78, 5) is 23.8. The molecule has 1 amide bonds. The maximum atomic E-state index is 11.9. The molecule has 0 radical (unpaired) electrons. The van der Waals surface area contributed by atoms with Crippen LogP contribution >= 0.6 is 0 Å². The fraction of sp³-hybridized carbons (Fsp3) is 0.471. The Morgan fingerprint density at radius 3 is 2.59 bits per heavy atom. The summed E-state index contributed by atoms with van der Waals surface area (Å²) in [6.07, 6.45) is 1.87. The molecule has 22 heavy (non-hydrogen) atoms. The number of carbonyl (C=O) groups is 2. The van der Waals surface area contributed by atoms with Crippen molar-refractivity contribution in [2.75, 3.05) is 6.61 Å². The quantitative estimate of drug-likeness (QED) is 0.846. The first-order valence-electron chi connectivity index (χ1n) is 7.32. The molecule has 1 atom stereocenters. The zero-order valence-corrected chi connectivity index (χ0v) is 13.1. The molecule has 5 nitrogen and oxygen atoms in total. The van der Waals surface area contributed by atoms with Gasteiger partial charge in [0.15, 0.2) is 6.61 Å². The summed E-state index contributed by atoms with van der Waals surface area (Å²) in [5.74, 6) is -0.798. The van der Waals surface area contributed by atoms with Crippen LogP contribution in [0.25, 0.3) is 0 Å². The Morgan fingerprint density at radius 1 is 1.36 bits per heavy atom. The van der Waals surface area contributed by atoms with Gasteiger partial charge < -0.3 is 10.1 Å². The molecule has 0 heterocycles. The van der Waals surface area contributed by atoms with Crippen molar-refractivity contribution >= 4 is 11.9 Å². The summed E-state index contributed by atoms with van der Waals surface area (Å²) in [5.41, 5.74) is 1.62. The molecular formula is C17H20N2O3. The predicted octanol–water partition coefficient (Wildman–Crippen LogP) is 2.27. The average molecular weight is 300 g/mol. The number of amides is 1. The van der Waals surface area contributed by atoms with Gasteiger partial charge in [0, 0.05) is 0 Å². The number of esters is 1. The third-order valence-corrected chi connectivity index (χ3v) is 4.10. The summed E-state index contributed by atoms with van der Waals surface area (Å²) in [6.45, 7) is 5.19. The lowest BCUT2D eigenvalue weighted by Crippen LogP contribution is -2.48. The highest BCUT2D eigenvalue weighted by Gasteiger charge is 2.43. The van der Waals surface area contributed by atoms with Crippen molar-refractivity contribution in [1.82, 2.24) is 5.32 Å². The number of nitrogens with zero attached hydrogens (tertiary/aromatic N) is 1. The molecule has 0 bridgehead atoms. The number of ether oxygens (including phenoxy) is 1. The van der Waals surface area contributed by atoms with E-state index in [0.29, 0.717) is 5.56 Å². The van der Waals surface area contributed by atoms with Crippen LogP contribution in [0.4, 0.5) is 0 Å². The molecule has 0 aliphatic heterocycles. The SMILES string of the molecule is Cc1ccc(C(=O)OCC(=O)N[C@](C)(C#N)C2CC2)cc1C. The van der Waals surface area contributed by atoms with Crippen LogP contribution in [0.5, 0.6) is 0 Å². The lowest BCUT2D eigenvalue weighted by molar-refractivity contribution is -0.125. The van der Waals surface area contributed by atoms with Crippen LogP contribution in [0.3, 0.4) is 0 Å². The van der Waals surface area contributed by atoms with Gasteiger partial charge in [-0.2, -0.15) is 5.26 Å². The number of hydrogen-bond acceptors (Lipinski definition) is 4. The van der Waals surface area contributed by atoms with E-state index >= 15 is 0 Å². The molecule has 1 saturated carbocycles. The van der Waals surface area contributed by atoms with E-state index < -0.39 is 17.4 Å². The maximum Gasteiger partial charge on any atom is 0.338 e. The van der Waals surface area contributed by atoms with E-state index in [-0.39, 0.29) is 12.5 Å².